The van der Waals surface area contributed by atoms with E-state index < -0.39 is 11.4 Å². The maximum Gasteiger partial charge on any atom is 0.330 e. The summed E-state index contributed by atoms with van der Waals surface area (Å²) in [5.74, 6) is -0.501. The van der Waals surface area contributed by atoms with Gasteiger partial charge in [-0.15, -0.1) is 0 Å². The minimum absolute atomic E-state index is 0.403. The number of hydrogen-bond acceptors (Lipinski definition) is 3. The first-order chi connectivity index (χ1) is 7.21. The molecule has 0 aromatic heterocycles. The molecule has 0 saturated carbocycles. The molecule has 3 nitrogen and oxygen atoms in total. The van der Waals surface area contributed by atoms with E-state index >= 15 is 0 Å². The van der Waals surface area contributed by atoms with E-state index in [1.54, 1.807) is 31.2 Å². The van der Waals surface area contributed by atoms with Crippen LogP contribution < -0.4 is 0 Å². The number of nitrogens with zero attached hydrogens (tertiary/aromatic N) is 1. The van der Waals surface area contributed by atoms with Crippen LogP contribution in [0.5, 0.6) is 0 Å². The standard InChI is InChI=1S/C12H13NO2/c1-3-12(9-13,11(14)15-2)10-7-5-4-6-8-10/h4-8H,3H2,1-2H3/t12-/m1/s1. The number of methoxy groups -OCH3 is 1. The fourth-order valence-corrected chi connectivity index (χ4v) is 1.55. The van der Waals surface area contributed by atoms with E-state index in [9.17, 15) is 10.1 Å². The lowest BCUT2D eigenvalue weighted by Crippen LogP contribution is -2.34. The number of carbonyl (C=O) groups excluding carboxylic acids is 1. The lowest BCUT2D eigenvalue weighted by molar-refractivity contribution is -0.145. The molecule has 0 aliphatic carbocycles. The van der Waals surface area contributed by atoms with Crippen LogP contribution in [0.2, 0.25) is 0 Å². The number of nitriles is 1. The van der Waals surface area contributed by atoms with Gasteiger partial charge in [-0.2, -0.15) is 5.26 Å². The summed E-state index contributed by atoms with van der Waals surface area (Å²) in [4.78, 5) is 11.7. The van der Waals surface area contributed by atoms with Crippen molar-refractivity contribution in [3.63, 3.8) is 0 Å². The molecule has 1 rings (SSSR count). The van der Waals surface area contributed by atoms with Gasteiger partial charge in [0.15, 0.2) is 5.41 Å². The first kappa shape index (κ1) is 11.3. The fraction of sp³-hybridized carbons (Fsp3) is 0.333. The molecule has 0 aliphatic rings. The summed E-state index contributed by atoms with van der Waals surface area (Å²) in [7, 11) is 1.30. The Labute approximate surface area is 89.3 Å². The summed E-state index contributed by atoms with van der Waals surface area (Å²) in [5, 5.41) is 9.18. The molecule has 0 amide bonds. The summed E-state index contributed by atoms with van der Waals surface area (Å²) in [6.45, 7) is 1.80. The van der Waals surface area contributed by atoms with Crippen molar-refractivity contribution in [2.75, 3.05) is 7.11 Å². The fourth-order valence-electron chi connectivity index (χ4n) is 1.55. The number of esters is 1. The minimum Gasteiger partial charge on any atom is -0.468 e. The van der Waals surface area contributed by atoms with Gasteiger partial charge in [0.2, 0.25) is 0 Å². The Hall–Kier alpha value is -1.82. The normalized spacial score (nSPS) is 13.7. The summed E-state index contributed by atoms with van der Waals surface area (Å²) in [5.41, 5.74) is -0.488. The van der Waals surface area contributed by atoms with Crippen LogP contribution in [0, 0.1) is 11.3 Å². The summed E-state index contributed by atoms with van der Waals surface area (Å²) >= 11 is 0. The van der Waals surface area contributed by atoms with Gasteiger partial charge in [0.25, 0.3) is 0 Å². The SMILES string of the molecule is CC[C@](C#N)(C(=O)OC)c1ccccc1. The van der Waals surface area contributed by atoms with E-state index in [-0.39, 0.29) is 0 Å². The molecule has 0 fully saturated rings. The molecule has 0 N–H and O–H groups in total. The third kappa shape index (κ3) is 1.84. The predicted octanol–water partition coefficient (Wildman–Crippen LogP) is 2.03. The van der Waals surface area contributed by atoms with Crippen LogP contribution in [-0.2, 0) is 14.9 Å². The highest BCUT2D eigenvalue weighted by Crippen LogP contribution is 2.28. The predicted molar refractivity (Wildman–Crippen MR) is 56.0 cm³/mol. The highest BCUT2D eigenvalue weighted by molar-refractivity contribution is 5.86. The van der Waals surface area contributed by atoms with E-state index in [1.807, 2.05) is 6.07 Å². The van der Waals surface area contributed by atoms with E-state index in [4.69, 9.17) is 4.74 Å². The smallest absolute Gasteiger partial charge is 0.330 e. The van der Waals surface area contributed by atoms with Crippen molar-refractivity contribution in [2.24, 2.45) is 0 Å². The zero-order chi connectivity index (χ0) is 11.3. The molecular weight excluding hydrogens is 190 g/mol. The first-order valence-electron chi connectivity index (χ1n) is 4.76. The third-order valence-electron chi connectivity index (χ3n) is 2.52. The topological polar surface area (TPSA) is 50.1 Å². The van der Waals surface area contributed by atoms with E-state index in [0.29, 0.717) is 12.0 Å². The van der Waals surface area contributed by atoms with Crippen LogP contribution >= 0.6 is 0 Å². The Bertz CT molecular complexity index is 380. The van der Waals surface area contributed by atoms with Gasteiger partial charge in [0.05, 0.1) is 13.2 Å². The second kappa shape index (κ2) is 4.61. The average Bonchev–Trinajstić information content (AvgIpc) is 2.32. The van der Waals surface area contributed by atoms with E-state index in [1.165, 1.54) is 7.11 Å². The molecule has 1 aromatic carbocycles. The van der Waals surface area contributed by atoms with Gasteiger partial charge < -0.3 is 4.74 Å². The van der Waals surface area contributed by atoms with Crippen molar-refractivity contribution in [1.29, 1.82) is 5.26 Å². The maximum atomic E-state index is 11.7. The number of rotatable bonds is 3. The van der Waals surface area contributed by atoms with Crippen LogP contribution in [0.15, 0.2) is 30.3 Å². The molecule has 0 unspecified atom stereocenters. The van der Waals surface area contributed by atoms with E-state index in [2.05, 4.69) is 6.07 Å². The molecule has 3 heteroatoms. The Morgan fingerprint density at radius 3 is 2.47 bits per heavy atom. The Kier molecular flexibility index (Phi) is 3.46. The number of carbonyl (C=O) groups is 1. The lowest BCUT2D eigenvalue weighted by Gasteiger charge is -2.22. The van der Waals surface area contributed by atoms with Crippen molar-refractivity contribution in [2.45, 2.75) is 18.8 Å². The third-order valence-corrected chi connectivity index (χ3v) is 2.52. The van der Waals surface area contributed by atoms with Crippen LogP contribution in [0.1, 0.15) is 18.9 Å². The molecule has 0 spiro atoms. The van der Waals surface area contributed by atoms with Gasteiger partial charge in [-0.1, -0.05) is 37.3 Å². The highest BCUT2D eigenvalue weighted by atomic mass is 16.5. The van der Waals surface area contributed by atoms with Gasteiger partial charge in [-0.3, -0.25) is 0 Å². The Balaban J connectivity index is 3.25. The van der Waals surface area contributed by atoms with Gasteiger partial charge in [-0.05, 0) is 12.0 Å². The molecule has 0 radical (unpaired) electrons. The van der Waals surface area contributed by atoms with Crippen molar-refractivity contribution in [3.8, 4) is 6.07 Å². The Morgan fingerprint density at radius 2 is 2.07 bits per heavy atom. The highest BCUT2D eigenvalue weighted by Gasteiger charge is 2.39. The van der Waals surface area contributed by atoms with Gasteiger partial charge in [-0.25, -0.2) is 4.79 Å². The van der Waals surface area contributed by atoms with Crippen LogP contribution in [-0.4, -0.2) is 13.1 Å². The maximum absolute atomic E-state index is 11.7. The average molecular weight is 203 g/mol. The van der Waals surface area contributed by atoms with Crippen molar-refractivity contribution < 1.29 is 9.53 Å². The molecule has 0 bridgehead atoms. The van der Waals surface area contributed by atoms with Crippen molar-refractivity contribution in [1.82, 2.24) is 0 Å². The zero-order valence-electron chi connectivity index (χ0n) is 8.86. The molecule has 15 heavy (non-hydrogen) atoms. The molecule has 1 aromatic rings. The molecule has 0 aliphatic heterocycles. The minimum atomic E-state index is -1.17. The summed E-state index contributed by atoms with van der Waals surface area (Å²) in [6.07, 6.45) is 0.403. The monoisotopic (exact) mass is 203 g/mol. The second-order valence-corrected chi connectivity index (χ2v) is 3.23. The van der Waals surface area contributed by atoms with Gasteiger partial charge in [0, 0.05) is 0 Å². The van der Waals surface area contributed by atoms with Gasteiger partial charge in [0.1, 0.15) is 0 Å². The second-order valence-electron chi connectivity index (χ2n) is 3.23. The van der Waals surface area contributed by atoms with Crippen molar-refractivity contribution in [3.05, 3.63) is 35.9 Å². The van der Waals surface area contributed by atoms with E-state index in [0.717, 1.165) is 0 Å². The zero-order valence-corrected chi connectivity index (χ0v) is 8.86. The molecule has 0 heterocycles. The molecular formula is C12H13NO2. The number of benzene rings is 1. The molecule has 78 valence electrons. The summed E-state index contributed by atoms with van der Waals surface area (Å²) < 4.78 is 4.69. The Morgan fingerprint density at radius 1 is 1.47 bits per heavy atom. The lowest BCUT2D eigenvalue weighted by atomic mass is 9.79. The molecule has 0 saturated heterocycles. The molecule has 1 atom stereocenters. The van der Waals surface area contributed by atoms with Crippen molar-refractivity contribution >= 4 is 5.97 Å². The van der Waals surface area contributed by atoms with Crippen LogP contribution in [0.3, 0.4) is 0 Å². The quantitative estimate of drug-likeness (QED) is 0.706. The number of hydrogen-bond donors (Lipinski definition) is 0. The largest absolute Gasteiger partial charge is 0.468 e. The number of ether oxygens (including phenoxy) is 1. The van der Waals surface area contributed by atoms with Crippen LogP contribution in [0.25, 0.3) is 0 Å². The van der Waals surface area contributed by atoms with Crippen LogP contribution in [0.4, 0.5) is 0 Å². The summed E-state index contributed by atoms with van der Waals surface area (Å²) in [6, 6.07) is 11.0. The first-order valence-corrected chi connectivity index (χ1v) is 4.76. The van der Waals surface area contributed by atoms with Gasteiger partial charge >= 0.3 is 5.97 Å².